The summed E-state index contributed by atoms with van der Waals surface area (Å²) in [4.78, 5) is 15.1. The zero-order valence-corrected chi connectivity index (χ0v) is 10.9. The van der Waals surface area contributed by atoms with Crippen LogP contribution in [0.5, 0.6) is 0 Å². The van der Waals surface area contributed by atoms with E-state index in [1.807, 2.05) is 36.5 Å². The minimum absolute atomic E-state index is 0.0144. The first-order valence-electron chi connectivity index (χ1n) is 5.86. The molecule has 94 valence electrons. The SMILES string of the molecule is C=CCSCCNC(=O)c1cccc2[nH]ccc12. The number of thioether (sulfide) groups is 1. The summed E-state index contributed by atoms with van der Waals surface area (Å²) in [6.07, 6.45) is 3.72. The third-order valence-corrected chi connectivity index (χ3v) is 3.57. The Hall–Kier alpha value is -1.68. The molecule has 3 nitrogen and oxygen atoms in total. The van der Waals surface area contributed by atoms with Gasteiger partial charge in [-0.05, 0) is 18.2 Å². The van der Waals surface area contributed by atoms with Gasteiger partial charge in [0.15, 0.2) is 0 Å². The minimum atomic E-state index is -0.0144. The van der Waals surface area contributed by atoms with Crippen LogP contribution >= 0.6 is 11.8 Å². The minimum Gasteiger partial charge on any atom is -0.361 e. The molecule has 0 bridgehead atoms. The molecule has 0 aliphatic heterocycles. The maximum absolute atomic E-state index is 12.0. The van der Waals surface area contributed by atoms with E-state index in [4.69, 9.17) is 0 Å². The number of rotatable bonds is 6. The summed E-state index contributed by atoms with van der Waals surface area (Å²) >= 11 is 1.76. The van der Waals surface area contributed by atoms with E-state index in [9.17, 15) is 4.79 Å². The van der Waals surface area contributed by atoms with E-state index in [0.29, 0.717) is 6.54 Å². The molecule has 1 aromatic carbocycles. The molecule has 0 aliphatic carbocycles. The van der Waals surface area contributed by atoms with Gasteiger partial charge >= 0.3 is 0 Å². The van der Waals surface area contributed by atoms with Crippen LogP contribution in [0.4, 0.5) is 0 Å². The molecule has 1 amide bonds. The monoisotopic (exact) mass is 260 g/mol. The van der Waals surface area contributed by atoms with Crippen molar-refractivity contribution in [3.63, 3.8) is 0 Å². The van der Waals surface area contributed by atoms with Crippen molar-refractivity contribution in [3.05, 3.63) is 48.7 Å². The predicted molar refractivity (Wildman–Crippen MR) is 78.2 cm³/mol. The maximum atomic E-state index is 12.0. The summed E-state index contributed by atoms with van der Waals surface area (Å²) in [6.45, 7) is 4.34. The van der Waals surface area contributed by atoms with Gasteiger partial charge in [0.1, 0.15) is 0 Å². The fourth-order valence-electron chi connectivity index (χ4n) is 1.78. The maximum Gasteiger partial charge on any atom is 0.251 e. The second-order valence-corrected chi connectivity index (χ2v) is 5.01. The molecule has 0 spiro atoms. The van der Waals surface area contributed by atoms with Gasteiger partial charge < -0.3 is 10.3 Å². The van der Waals surface area contributed by atoms with Gasteiger partial charge in [-0.3, -0.25) is 4.79 Å². The summed E-state index contributed by atoms with van der Waals surface area (Å²) in [6, 6.07) is 7.63. The lowest BCUT2D eigenvalue weighted by Gasteiger charge is -2.05. The van der Waals surface area contributed by atoms with Gasteiger partial charge in [0.2, 0.25) is 0 Å². The fourth-order valence-corrected chi connectivity index (χ4v) is 2.36. The lowest BCUT2D eigenvalue weighted by Crippen LogP contribution is -2.25. The highest BCUT2D eigenvalue weighted by atomic mass is 32.2. The molecule has 0 saturated carbocycles. The summed E-state index contributed by atoms with van der Waals surface area (Å²) in [5, 5.41) is 3.90. The van der Waals surface area contributed by atoms with Gasteiger partial charge in [0, 0.05) is 40.7 Å². The first kappa shape index (κ1) is 12.8. The summed E-state index contributed by atoms with van der Waals surface area (Å²) in [7, 11) is 0. The number of hydrogen-bond acceptors (Lipinski definition) is 2. The van der Waals surface area contributed by atoms with Crippen molar-refractivity contribution < 1.29 is 4.79 Å². The van der Waals surface area contributed by atoms with Crippen LogP contribution in [-0.2, 0) is 0 Å². The van der Waals surface area contributed by atoms with E-state index in [-0.39, 0.29) is 5.91 Å². The van der Waals surface area contributed by atoms with Crippen molar-refractivity contribution in [1.82, 2.24) is 10.3 Å². The number of amides is 1. The first-order valence-corrected chi connectivity index (χ1v) is 7.01. The van der Waals surface area contributed by atoms with Crippen LogP contribution in [0, 0.1) is 0 Å². The van der Waals surface area contributed by atoms with Crippen molar-refractivity contribution >= 4 is 28.6 Å². The van der Waals surface area contributed by atoms with E-state index in [1.165, 1.54) is 0 Å². The van der Waals surface area contributed by atoms with E-state index in [2.05, 4.69) is 16.9 Å². The Kier molecular flexibility index (Phi) is 4.47. The molecule has 0 aliphatic rings. The van der Waals surface area contributed by atoms with E-state index < -0.39 is 0 Å². The Morgan fingerprint density at radius 2 is 2.33 bits per heavy atom. The number of hydrogen-bond donors (Lipinski definition) is 2. The molecule has 2 N–H and O–H groups in total. The Morgan fingerprint density at radius 3 is 3.17 bits per heavy atom. The molecule has 0 atom stereocenters. The van der Waals surface area contributed by atoms with Crippen molar-refractivity contribution in [2.75, 3.05) is 18.1 Å². The molecular formula is C14H16N2OS. The molecule has 0 saturated heterocycles. The third kappa shape index (κ3) is 2.96. The Bertz CT molecular complexity index is 547. The van der Waals surface area contributed by atoms with Crippen molar-refractivity contribution in [3.8, 4) is 0 Å². The highest BCUT2D eigenvalue weighted by Gasteiger charge is 2.09. The lowest BCUT2D eigenvalue weighted by atomic mass is 10.1. The average Bonchev–Trinajstić information content (AvgIpc) is 2.86. The molecule has 4 heteroatoms. The zero-order chi connectivity index (χ0) is 12.8. The normalized spacial score (nSPS) is 10.4. The molecule has 0 unspecified atom stereocenters. The molecule has 0 radical (unpaired) electrons. The van der Waals surface area contributed by atoms with Gasteiger partial charge in [-0.25, -0.2) is 0 Å². The fraction of sp³-hybridized carbons (Fsp3) is 0.214. The molecule has 1 aromatic heterocycles. The standard InChI is InChI=1S/C14H16N2OS/c1-2-9-18-10-8-16-14(17)12-4-3-5-13-11(12)6-7-15-13/h2-7,15H,1,8-10H2,(H,16,17). The summed E-state index contributed by atoms with van der Waals surface area (Å²) in [5.74, 6) is 1.81. The zero-order valence-electron chi connectivity index (χ0n) is 10.1. The summed E-state index contributed by atoms with van der Waals surface area (Å²) in [5.41, 5.74) is 1.71. The number of aromatic amines is 1. The predicted octanol–water partition coefficient (Wildman–Crippen LogP) is 2.82. The van der Waals surface area contributed by atoms with Crippen molar-refractivity contribution in [1.29, 1.82) is 0 Å². The number of fused-ring (bicyclic) bond motifs is 1. The van der Waals surface area contributed by atoms with Crippen molar-refractivity contribution in [2.24, 2.45) is 0 Å². The molecule has 0 fully saturated rings. The molecule has 1 heterocycles. The van der Waals surface area contributed by atoms with Gasteiger partial charge in [-0.15, -0.1) is 6.58 Å². The van der Waals surface area contributed by atoms with E-state index in [0.717, 1.165) is 28.0 Å². The van der Waals surface area contributed by atoms with Gasteiger partial charge in [0.05, 0.1) is 0 Å². The number of nitrogens with one attached hydrogen (secondary N) is 2. The molecule has 2 aromatic rings. The second kappa shape index (κ2) is 6.31. The van der Waals surface area contributed by atoms with Crippen LogP contribution in [-0.4, -0.2) is 28.9 Å². The van der Waals surface area contributed by atoms with Gasteiger partial charge in [0.25, 0.3) is 5.91 Å². The first-order chi connectivity index (χ1) is 8.83. The second-order valence-electron chi connectivity index (χ2n) is 3.86. The number of carbonyl (C=O) groups is 1. The van der Waals surface area contributed by atoms with Gasteiger partial charge in [-0.2, -0.15) is 11.8 Å². The van der Waals surface area contributed by atoms with E-state index in [1.54, 1.807) is 11.8 Å². The Morgan fingerprint density at radius 1 is 1.44 bits per heavy atom. The lowest BCUT2D eigenvalue weighted by molar-refractivity contribution is 0.0958. The van der Waals surface area contributed by atoms with Gasteiger partial charge in [-0.1, -0.05) is 12.1 Å². The van der Waals surface area contributed by atoms with Crippen molar-refractivity contribution in [2.45, 2.75) is 0 Å². The van der Waals surface area contributed by atoms with Crippen LogP contribution in [0.3, 0.4) is 0 Å². The third-order valence-electron chi connectivity index (χ3n) is 2.61. The van der Waals surface area contributed by atoms with Crippen LogP contribution < -0.4 is 5.32 Å². The number of H-pyrrole nitrogens is 1. The van der Waals surface area contributed by atoms with Crippen LogP contribution in [0.2, 0.25) is 0 Å². The highest BCUT2D eigenvalue weighted by molar-refractivity contribution is 7.99. The Balaban J connectivity index is 1.96. The van der Waals surface area contributed by atoms with Crippen LogP contribution in [0.15, 0.2) is 43.1 Å². The number of aromatic nitrogens is 1. The molecule has 2 rings (SSSR count). The molecule has 18 heavy (non-hydrogen) atoms. The van der Waals surface area contributed by atoms with Crippen LogP contribution in [0.25, 0.3) is 10.9 Å². The average molecular weight is 260 g/mol. The van der Waals surface area contributed by atoms with E-state index >= 15 is 0 Å². The summed E-state index contributed by atoms with van der Waals surface area (Å²) < 4.78 is 0. The Labute approximate surface area is 111 Å². The topological polar surface area (TPSA) is 44.9 Å². The molecular weight excluding hydrogens is 244 g/mol. The smallest absolute Gasteiger partial charge is 0.251 e. The number of carbonyl (C=O) groups excluding carboxylic acids is 1. The largest absolute Gasteiger partial charge is 0.361 e. The van der Waals surface area contributed by atoms with Crippen LogP contribution in [0.1, 0.15) is 10.4 Å². The quantitative estimate of drug-likeness (QED) is 0.619. The highest BCUT2D eigenvalue weighted by Crippen LogP contribution is 2.17. The number of benzene rings is 1.